The van der Waals surface area contributed by atoms with Crippen molar-refractivity contribution >= 4 is 17.0 Å². The topological polar surface area (TPSA) is 129 Å². The molecule has 0 radical (unpaired) electrons. The minimum Gasteiger partial charge on any atom is -0.394 e. The molecule has 3 heterocycles. The van der Waals surface area contributed by atoms with Crippen molar-refractivity contribution < 1.29 is 19.7 Å². The molecule has 0 aromatic carbocycles. The lowest BCUT2D eigenvalue weighted by Crippen LogP contribution is -2.35. The second-order valence-electron chi connectivity index (χ2n) is 4.91. The molecule has 3 rings (SSSR count). The van der Waals surface area contributed by atoms with Crippen LogP contribution in [-0.4, -0.2) is 61.3 Å². The highest BCUT2D eigenvalue weighted by molar-refractivity contribution is 5.81. The fourth-order valence-electron chi connectivity index (χ4n) is 2.51. The maximum atomic E-state index is 10.2. The Morgan fingerprint density at radius 1 is 1.45 bits per heavy atom. The molecule has 118 valence electrons. The van der Waals surface area contributed by atoms with Crippen LogP contribution in [0.25, 0.3) is 11.2 Å². The molecular weight excluding hydrogens is 290 g/mol. The second-order valence-corrected chi connectivity index (χ2v) is 4.91. The second kappa shape index (κ2) is 5.97. The SMILES string of the molecule is C=CCO[C@H]1[C@H](O)[C@@H](CO)O[C@H]1n1cnc2c(N)ncnc21. The molecule has 0 unspecified atom stereocenters. The number of rotatable bonds is 5. The van der Waals surface area contributed by atoms with Gasteiger partial charge in [-0.15, -0.1) is 6.58 Å². The number of nitrogens with zero attached hydrogens (tertiary/aromatic N) is 4. The number of aromatic nitrogens is 4. The average Bonchev–Trinajstić information content (AvgIpc) is 3.07. The fourth-order valence-corrected chi connectivity index (χ4v) is 2.51. The number of ether oxygens (including phenoxy) is 2. The third-order valence-corrected chi connectivity index (χ3v) is 3.56. The van der Waals surface area contributed by atoms with E-state index in [0.717, 1.165) is 0 Å². The van der Waals surface area contributed by atoms with Gasteiger partial charge in [-0.3, -0.25) is 4.57 Å². The average molecular weight is 307 g/mol. The van der Waals surface area contributed by atoms with Gasteiger partial charge in [-0.05, 0) is 0 Å². The Labute approximate surface area is 126 Å². The molecule has 1 aliphatic rings. The monoisotopic (exact) mass is 307 g/mol. The molecule has 9 heteroatoms. The summed E-state index contributed by atoms with van der Waals surface area (Å²) in [6.07, 6.45) is 1.28. The standard InChI is InChI=1S/C13H17N5O4/c1-2-3-21-10-9(20)7(4-19)22-13(10)18-6-17-8-11(14)15-5-16-12(8)18/h2,5-7,9-10,13,19-20H,1,3-4H2,(H2,14,15,16)/t7-,9-,10+,13-/m1/s1. The van der Waals surface area contributed by atoms with Gasteiger partial charge in [0.25, 0.3) is 0 Å². The molecule has 4 N–H and O–H groups in total. The van der Waals surface area contributed by atoms with Crippen LogP contribution in [0, 0.1) is 0 Å². The van der Waals surface area contributed by atoms with Crippen molar-refractivity contribution in [3.05, 3.63) is 25.3 Å². The van der Waals surface area contributed by atoms with Crippen LogP contribution in [0.3, 0.4) is 0 Å². The zero-order valence-electron chi connectivity index (χ0n) is 11.7. The molecule has 2 aromatic heterocycles. The van der Waals surface area contributed by atoms with Crippen LogP contribution in [0.2, 0.25) is 0 Å². The lowest BCUT2D eigenvalue weighted by atomic mass is 10.1. The van der Waals surface area contributed by atoms with Crippen LogP contribution >= 0.6 is 0 Å². The largest absolute Gasteiger partial charge is 0.394 e. The Balaban J connectivity index is 1.99. The third kappa shape index (κ3) is 2.33. The highest BCUT2D eigenvalue weighted by atomic mass is 16.6. The van der Waals surface area contributed by atoms with Gasteiger partial charge in [0.1, 0.15) is 30.2 Å². The highest BCUT2D eigenvalue weighted by Crippen LogP contribution is 2.33. The van der Waals surface area contributed by atoms with E-state index in [-0.39, 0.29) is 19.0 Å². The zero-order chi connectivity index (χ0) is 15.7. The van der Waals surface area contributed by atoms with Crippen molar-refractivity contribution in [3.63, 3.8) is 0 Å². The van der Waals surface area contributed by atoms with Gasteiger partial charge < -0.3 is 25.4 Å². The van der Waals surface area contributed by atoms with Crippen LogP contribution < -0.4 is 5.73 Å². The number of nitrogens with two attached hydrogens (primary N) is 1. The van der Waals surface area contributed by atoms with Crippen molar-refractivity contribution in [2.45, 2.75) is 24.5 Å². The Kier molecular flexibility index (Phi) is 4.03. The van der Waals surface area contributed by atoms with Crippen molar-refractivity contribution in [1.29, 1.82) is 0 Å². The molecule has 1 aliphatic heterocycles. The van der Waals surface area contributed by atoms with Crippen LogP contribution in [-0.2, 0) is 9.47 Å². The summed E-state index contributed by atoms with van der Waals surface area (Å²) >= 11 is 0. The van der Waals surface area contributed by atoms with E-state index >= 15 is 0 Å². The van der Waals surface area contributed by atoms with E-state index in [1.807, 2.05) is 0 Å². The normalized spacial score (nSPS) is 28.3. The number of aliphatic hydroxyl groups is 2. The van der Waals surface area contributed by atoms with E-state index in [4.69, 9.17) is 15.2 Å². The van der Waals surface area contributed by atoms with Crippen LogP contribution in [0.1, 0.15) is 6.23 Å². The number of anilines is 1. The number of fused-ring (bicyclic) bond motifs is 1. The Hall–Kier alpha value is -2.07. The first-order chi connectivity index (χ1) is 10.7. The molecular formula is C13H17N5O4. The van der Waals surface area contributed by atoms with Crippen molar-refractivity contribution in [1.82, 2.24) is 19.5 Å². The number of hydrogen-bond donors (Lipinski definition) is 3. The summed E-state index contributed by atoms with van der Waals surface area (Å²) in [7, 11) is 0. The highest BCUT2D eigenvalue weighted by Gasteiger charge is 2.45. The van der Waals surface area contributed by atoms with E-state index in [1.54, 1.807) is 10.6 Å². The van der Waals surface area contributed by atoms with E-state index < -0.39 is 24.5 Å². The Morgan fingerprint density at radius 3 is 3.00 bits per heavy atom. The quantitative estimate of drug-likeness (QED) is 0.614. The van der Waals surface area contributed by atoms with Gasteiger partial charge >= 0.3 is 0 Å². The minimum absolute atomic E-state index is 0.240. The molecule has 0 amide bonds. The number of hydrogen-bond acceptors (Lipinski definition) is 8. The molecule has 1 fully saturated rings. The van der Waals surface area contributed by atoms with Crippen molar-refractivity contribution in [2.24, 2.45) is 0 Å². The summed E-state index contributed by atoms with van der Waals surface area (Å²) < 4.78 is 12.9. The first-order valence-corrected chi connectivity index (χ1v) is 6.77. The first kappa shape index (κ1) is 14.9. The van der Waals surface area contributed by atoms with Gasteiger partial charge in [0.2, 0.25) is 0 Å². The van der Waals surface area contributed by atoms with Gasteiger partial charge in [-0.1, -0.05) is 6.08 Å². The Bertz CT molecular complexity index is 675. The van der Waals surface area contributed by atoms with Crippen molar-refractivity contribution in [3.8, 4) is 0 Å². The molecule has 0 bridgehead atoms. The zero-order valence-corrected chi connectivity index (χ0v) is 11.7. The summed E-state index contributed by atoms with van der Waals surface area (Å²) in [5.74, 6) is 0.254. The van der Waals surface area contributed by atoms with Gasteiger partial charge in [0.15, 0.2) is 17.7 Å². The summed E-state index contributed by atoms with van der Waals surface area (Å²) in [4.78, 5) is 12.2. The smallest absolute Gasteiger partial charge is 0.167 e. The molecule has 9 nitrogen and oxygen atoms in total. The van der Waals surface area contributed by atoms with Gasteiger partial charge in [0.05, 0.1) is 19.5 Å². The molecule has 2 aromatic rings. The lowest BCUT2D eigenvalue weighted by molar-refractivity contribution is -0.0645. The summed E-state index contributed by atoms with van der Waals surface area (Å²) in [6.45, 7) is 3.50. The lowest BCUT2D eigenvalue weighted by Gasteiger charge is -2.21. The molecule has 0 spiro atoms. The van der Waals surface area contributed by atoms with Crippen LogP contribution in [0.4, 0.5) is 5.82 Å². The maximum Gasteiger partial charge on any atom is 0.167 e. The molecule has 0 saturated carbocycles. The number of aliphatic hydroxyl groups excluding tert-OH is 2. The maximum absolute atomic E-state index is 10.2. The summed E-state index contributed by atoms with van der Waals surface area (Å²) in [6, 6.07) is 0. The van der Waals surface area contributed by atoms with Crippen LogP contribution in [0.15, 0.2) is 25.3 Å². The summed E-state index contributed by atoms with van der Waals surface area (Å²) in [5, 5.41) is 19.6. The number of nitrogen functional groups attached to an aromatic ring is 1. The summed E-state index contributed by atoms with van der Waals surface area (Å²) in [5.41, 5.74) is 6.67. The predicted molar refractivity (Wildman–Crippen MR) is 76.7 cm³/mol. The molecule has 22 heavy (non-hydrogen) atoms. The van der Waals surface area contributed by atoms with E-state index in [2.05, 4.69) is 21.5 Å². The molecule has 0 aliphatic carbocycles. The minimum atomic E-state index is -0.980. The molecule has 1 saturated heterocycles. The molecule has 4 atom stereocenters. The van der Waals surface area contributed by atoms with Gasteiger partial charge in [-0.2, -0.15) is 0 Å². The van der Waals surface area contributed by atoms with E-state index in [1.165, 1.54) is 12.7 Å². The predicted octanol–water partition coefficient (Wildman–Crippen LogP) is -0.770. The van der Waals surface area contributed by atoms with Crippen molar-refractivity contribution in [2.75, 3.05) is 18.9 Å². The Morgan fingerprint density at radius 2 is 2.27 bits per heavy atom. The first-order valence-electron chi connectivity index (χ1n) is 6.77. The van der Waals surface area contributed by atoms with Gasteiger partial charge in [-0.25, -0.2) is 15.0 Å². The fraction of sp³-hybridized carbons (Fsp3) is 0.462. The number of imidazole rings is 1. The van der Waals surface area contributed by atoms with E-state index in [0.29, 0.717) is 11.2 Å². The van der Waals surface area contributed by atoms with Crippen LogP contribution in [0.5, 0.6) is 0 Å². The third-order valence-electron chi connectivity index (χ3n) is 3.56. The van der Waals surface area contributed by atoms with Gasteiger partial charge in [0, 0.05) is 0 Å². The van der Waals surface area contributed by atoms with E-state index in [9.17, 15) is 10.2 Å².